The minimum Gasteiger partial charge on any atom is -0.461 e. The van der Waals surface area contributed by atoms with Gasteiger partial charge in [0.1, 0.15) is 25.3 Å². The zero-order valence-corrected chi connectivity index (χ0v) is 27.8. The molecule has 0 rings (SSSR count). The van der Waals surface area contributed by atoms with Crippen LogP contribution < -0.4 is 0 Å². The number of aliphatic hydroxyl groups excluding tert-OH is 1. The Morgan fingerprint density at radius 2 is 1.02 bits per heavy atom. The first-order valence-corrected chi connectivity index (χ1v) is 17.4. The SMILES string of the molecule is CCCCCC(CCCCC)OC(=O)CN(CC(=O)OC(CCCCC)CCCCC)C(O)SCCCN(C)C. The van der Waals surface area contributed by atoms with Crippen molar-refractivity contribution in [2.45, 2.75) is 155 Å². The minimum atomic E-state index is -0.973. The van der Waals surface area contributed by atoms with Crippen LogP contribution in [0.1, 0.15) is 137 Å². The molecule has 8 heteroatoms. The maximum atomic E-state index is 13.1. The van der Waals surface area contributed by atoms with E-state index in [9.17, 15) is 14.7 Å². The molecule has 0 aromatic carbocycles. The number of ether oxygens (including phenoxy) is 2. The first kappa shape index (κ1) is 39.2. The Morgan fingerprint density at radius 3 is 1.35 bits per heavy atom. The van der Waals surface area contributed by atoms with Crippen LogP contribution in [0.5, 0.6) is 0 Å². The number of aliphatic hydroxyl groups is 1. The van der Waals surface area contributed by atoms with Gasteiger partial charge in [0.05, 0.1) is 0 Å². The van der Waals surface area contributed by atoms with Crippen molar-refractivity contribution >= 4 is 23.7 Å². The van der Waals surface area contributed by atoms with Crippen molar-refractivity contribution in [3.8, 4) is 0 Å². The van der Waals surface area contributed by atoms with Gasteiger partial charge in [-0.15, -0.1) is 11.8 Å². The molecule has 1 atom stereocenters. The Kier molecular flexibility index (Phi) is 26.5. The van der Waals surface area contributed by atoms with Crippen molar-refractivity contribution in [1.82, 2.24) is 9.80 Å². The van der Waals surface area contributed by atoms with Crippen molar-refractivity contribution < 1.29 is 24.2 Å². The summed E-state index contributed by atoms with van der Waals surface area (Å²) in [7, 11) is 4.04. The van der Waals surface area contributed by atoms with Crippen LogP contribution in [-0.4, -0.2) is 84.1 Å². The molecule has 0 saturated heterocycles. The molecule has 40 heavy (non-hydrogen) atoms. The highest BCUT2D eigenvalue weighted by Gasteiger charge is 2.26. The molecule has 0 aromatic heterocycles. The van der Waals surface area contributed by atoms with Crippen molar-refractivity contribution in [1.29, 1.82) is 0 Å². The van der Waals surface area contributed by atoms with Gasteiger partial charge < -0.3 is 19.5 Å². The summed E-state index contributed by atoms with van der Waals surface area (Å²) in [6.07, 6.45) is 17.3. The molecule has 1 N–H and O–H groups in total. The summed E-state index contributed by atoms with van der Waals surface area (Å²) in [5, 5.41) is 11.0. The normalized spacial score (nSPS) is 12.6. The van der Waals surface area contributed by atoms with E-state index in [1.165, 1.54) is 16.7 Å². The highest BCUT2D eigenvalue weighted by Crippen LogP contribution is 2.19. The lowest BCUT2D eigenvalue weighted by Gasteiger charge is -2.28. The molecule has 0 aliphatic heterocycles. The molecule has 1 unspecified atom stereocenters. The van der Waals surface area contributed by atoms with Gasteiger partial charge in [-0.05, 0) is 84.2 Å². The number of nitrogens with zero attached hydrogens (tertiary/aromatic N) is 2. The number of hydrogen-bond acceptors (Lipinski definition) is 8. The van der Waals surface area contributed by atoms with Gasteiger partial charge >= 0.3 is 11.9 Å². The Morgan fingerprint density at radius 1 is 0.650 bits per heavy atom. The topological polar surface area (TPSA) is 79.3 Å². The molecule has 0 amide bonds. The van der Waals surface area contributed by atoms with Gasteiger partial charge in [-0.1, -0.05) is 79.1 Å². The fourth-order valence-corrected chi connectivity index (χ4v) is 5.54. The summed E-state index contributed by atoms with van der Waals surface area (Å²) in [5.74, 6) is -0.0184. The molecule has 0 aliphatic rings. The monoisotopic (exact) mass is 588 g/mol. The van der Waals surface area contributed by atoms with Crippen LogP contribution in [0.15, 0.2) is 0 Å². The number of rotatable bonds is 28. The van der Waals surface area contributed by atoms with Crippen LogP contribution in [0, 0.1) is 0 Å². The zero-order chi connectivity index (χ0) is 30.0. The fraction of sp³-hybridized carbons (Fsp3) is 0.938. The third-order valence-corrected chi connectivity index (χ3v) is 8.23. The van der Waals surface area contributed by atoms with Gasteiger partial charge in [0.2, 0.25) is 0 Å². The van der Waals surface area contributed by atoms with Crippen molar-refractivity contribution in [3.63, 3.8) is 0 Å². The predicted octanol–water partition coefficient (Wildman–Crippen LogP) is 7.39. The zero-order valence-electron chi connectivity index (χ0n) is 27.0. The quantitative estimate of drug-likeness (QED) is 0.0576. The maximum absolute atomic E-state index is 13.1. The predicted molar refractivity (Wildman–Crippen MR) is 170 cm³/mol. The summed E-state index contributed by atoms with van der Waals surface area (Å²) in [5.41, 5.74) is -0.973. The summed E-state index contributed by atoms with van der Waals surface area (Å²) in [4.78, 5) is 29.8. The summed E-state index contributed by atoms with van der Waals surface area (Å²) < 4.78 is 11.8. The van der Waals surface area contributed by atoms with Gasteiger partial charge in [0, 0.05) is 0 Å². The lowest BCUT2D eigenvalue weighted by molar-refractivity contribution is -0.157. The number of esters is 2. The lowest BCUT2D eigenvalue weighted by atomic mass is 10.0. The summed E-state index contributed by atoms with van der Waals surface area (Å²) in [6.45, 7) is 9.36. The second-order valence-electron chi connectivity index (χ2n) is 11.5. The van der Waals surface area contributed by atoms with Crippen LogP contribution in [-0.2, 0) is 19.1 Å². The number of unbranched alkanes of at least 4 members (excludes halogenated alkanes) is 8. The molecule has 7 nitrogen and oxygen atoms in total. The summed E-state index contributed by atoms with van der Waals surface area (Å²) in [6, 6.07) is 0. The number of hydrogen-bond donors (Lipinski definition) is 1. The van der Waals surface area contributed by atoms with E-state index in [4.69, 9.17) is 9.47 Å². The lowest BCUT2D eigenvalue weighted by Crippen LogP contribution is -2.43. The van der Waals surface area contributed by atoms with Gasteiger partial charge in [0.25, 0.3) is 0 Å². The molecule has 0 aromatic rings. The van der Waals surface area contributed by atoms with Crippen molar-refractivity contribution in [2.75, 3.05) is 39.5 Å². The van der Waals surface area contributed by atoms with E-state index >= 15 is 0 Å². The highest BCUT2D eigenvalue weighted by atomic mass is 32.2. The molecule has 0 aliphatic carbocycles. The maximum Gasteiger partial charge on any atom is 0.320 e. The van der Waals surface area contributed by atoms with E-state index in [1.807, 2.05) is 14.1 Å². The van der Waals surface area contributed by atoms with Crippen LogP contribution >= 0.6 is 11.8 Å². The smallest absolute Gasteiger partial charge is 0.320 e. The van der Waals surface area contributed by atoms with Gasteiger partial charge in [-0.3, -0.25) is 9.59 Å². The first-order chi connectivity index (χ1) is 19.3. The molecule has 0 fully saturated rings. The molecule has 238 valence electrons. The van der Waals surface area contributed by atoms with Gasteiger partial charge in [0.15, 0.2) is 5.56 Å². The van der Waals surface area contributed by atoms with E-state index in [2.05, 4.69) is 32.6 Å². The Balaban J connectivity index is 5.29. The largest absolute Gasteiger partial charge is 0.461 e. The Hall–Kier alpha value is -0.830. The number of carbonyl (C=O) groups excluding carboxylic acids is 2. The second kappa shape index (κ2) is 27.0. The molecule has 0 radical (unpaired) electrons. The van der Waals surface area contributed by atoms with Crippen molar-refractivity contribution in [2.24, 2.45) is 0 Å². The third kappa shape index (κ3) is 22.8. The summed E-state index contributed by atoms with van der Waals surface area (Å²) >= 11 is 1.35. The average Bonchev–Trinajstić information content (AvgIpc) is 2.90. The molecule has 0 heterocycles. The van der Waals surface area contributed by atoms with E-state index in [0.29, 0.717) is 0 Å². The van der Waals surface area contributed by atoms with E-state index in [0.717, 1.165) is 121 Å². The second-order valence-corrected chi connectivity index (χ2v) is 12.6. The van der Waals surface area contributed by atoms with Crippen molar-refractivity contribution in [3.05, 3.63) is 0 Å². The standard InChI is InChI=1S/C32H64N2O5S/c1-7-11-15-20-28(21-16-12-8-2)38-30(35)26-34(32(37)40-25-19-24-33(5)6)27-31(36)39-29(22-17-13-9-3)23-18-14-10-4/h28-29,32,37H,7-27H2,1-6H3. The minimum absolute atomic E-state index is 0.106. The van der Waals surface area contributed by atoms with Gasteiger partial charge in [-0.2, -0.15) is 0 Å². The molecule has 0 spiro atoms. The molecular formula is C32H64N2O5S. The van der Waals surface area contributed by atoms with E-state index in [1.54, 1.807) is 0 Å². The van der Waals surface area contributed by atoms with Crippen LogP contribution in [0.4, 0.5) is 0 Å². The molecule has 0 bridgehead atoms. The van der Waals surface area contributed by atoms with E-state index in [-0.39, 0.29) is 37.2 Å². The fourth-order valence-electron chi connectivity index (χ4n) is 4.68. The number of thioether (sulfide) groups is 1. The van der Waals surface area contributed by atoms with Crippen LogP contribution in [0.25, 0.3) is 0 Å². The highest BCUT2D eigenvalue weighted by molar-refractivity contribution is 7.99. The van der Waals surface area contributed by atoms with Crippen LogP contribution in [0.2, 0.25) is 0 Å². The molecule has 0 saturated carbocycles. The van der Waals surface area contributed by atoms with Gasteiger partial charge in [-0.25, -0.2) is 4.90 Å². The number of carbonyl (C=O) groups is 2. The van der Waals surface area contributed by atoms with Crippen LogP contribution in [0.3, 0.4) is 0 Å². The average molecular weight is 589 g/mol. The Labute approximate surface area is 251 Å². The Bertz CT molecular complexity index is 548. The first-order valence-electron chi connectivity index (χ1n) is 16.3. The third-order valence-electron chi connectivity index (χ3n) is 7.11. The van der Waals surface area contributed by atoms with E-state index < -0.39 is 5.56 Å². The molecular weight excluding hydrogens is 524 g/mol.